The molecule has 82 valence electrons. The Morgan fingerprint density at radius 3 is 2.86 bits per heavy atom. The lowest BCUT2D eigenvalue weighted by Gasteiger charge is -2.12. The molecule has 1 heterocycles. The fraction of sp³-hybridized carbons (Fsp3) is 0.909. The van der Waals surface area contributed by atoms with Crippen LogP contribution in [0.4, 0.5) is 0 Å². The number of unbranched alkanes of at least 4 members (excludes halogenated alkanes) is 2. The zero-order valence-corrected chi connectivity index (χ0v) is 10.4. The standard InChI is InChI=1S/C11H22N2S/c1-4-5-6-7-12-11-13-8-10(14-11)9(2)3/h9-10H,4-8H2,1-3H3,(H,12,13). The van der Waals surface area contributed by atoms with Gasteiger partial charge in [-0.25, -0.2) is 0 Å². The van der Waals surface area contributed by atoms with Crippen molar-refractivity contribution in [3.63, 3.8) is 0 Å². The van der Waals surface area contributed by atoms with E-state index in [-0.39, 0.29) is 0 Å². The van der Waals surface area contributed by atoms with Crippen LogP contribution >= 0.6 is 11.8 Å². The van der Waals surface area contributed by atoms with Crippen LogP contribution in [-0.2, 0) is 0 Å². The Balaban J connectivity index is 2.10. The van der Waals surface area contributed by atoms with Crippen LogP contribution < -0.4 is 5.32 Å². The van der Waals surface area contributed by atoms with E-state index in [9.17, 15) is 0 Å². The van der Waals surface area contributed by atoms with E-state index in [0.717, 1.165) is 19.0 Å². The summed E-state index contributed by atoms with van der Waals surface area (Å²) in [7, 11) is 0. The number of thioether (sulfide) groups is 1. The van der Waals surface area contributed by atoms with Gasteiger partial charge < -0.3 is 5.32 Å². The highest BCUT2D eigenvalue weighted by atomic mass is 32.2. The maximum atomic E-state index is 4.50. The lowest BCUT2D eigenvalue weighted by atomic mass is 10.1. The molecule has 0 fully saturated rings. The number of amidine groups is 1. The summed E-state index contributed by atoms with van der Waals surface area (Å²) in [4.78, 5) is 4.50. The summed E-state index contributed by atoms with van der Waals surface area (Å²) in [6.45, 7) is 8.86. The van der Waals surface area contributed by atoms with Gasteiger partial charge in [-0.1, -0.05) is 45.4 Å². The number of aliphatic imine (C=N–C) groups is 1. The largest absolute Gasteiger partial charge is 0.365 e. The van der Waals surface area contributed by atoms with Crippen LogP contribution in [0.5, 0.6) is 0 Å². The van der Waals surface area contributed by atoms with Crippen molar-refractivity contribution in [1.29, 1.82) is 0 Å². The van der Waals surface area contributed by atoms with E-state index < -0.39 is 0 Å². The molecule has 3 heteroatoms. The predicted octanol–water partition coefficient (Wildman–Crippen LogP) is 2.89. The van der Waals surface area contributed by atoms with Crippen molar-refractivity contribution in [2.24, 2.45) is 10.9 Å². The average Bonchev–Trinajstić information content (AvgIpc) is 2.61. The first-order chi connectivity index (χ1) is 6.74. The molecule has 0 aromatic heterocycles. The first kappa shape index (κ1) is 11.9. The Kier molecular flexibility index (Phi) is 5.38. The van der Waals surface area contributed by atoms with Gasteiger partial charge in [0.2, 0.25) is 0 Å². The molecule has 14 heavy (non-hydrogen) atoms. The van der Waals surface area contributed by atoms with E-state index >= 15 is 0 Å². The Hall–Kier alpha value is -0.180. The number of hydrogen-bond donors (Lipinski definition) is 1. The molecule has 0 aliphatic carbocycles. The molecule has 0 aromatic carbocycles. The fourth-order valence-electron chi connectivity index (χ4n) is 1.41. The summed E-state index contributed by atoms with van der Waals surface area (Å²) in [6, 6.07) is 0. The minimum atomic E-state index is 0.698. The van der Waals surface area contributed by atoms with Gasteiger partial charge in [-0.15, -0.1) is 0 Å². The number of nitrogens with zero attached hydrogens (tertiary/aromatic N) is 1. The van der Waals surface area contributed by atoms with E-state index in [0.29, 0.717) is 5.25 Å². The van der Waals surface area contributed by atoms with Crippen LogP contribution in [0.3, 0.4) is 0 Å². The van der Waals surface area contributed by atoms with Gasteiger partial charge in [-0.05, 0) is 12.3 Å². The van der Waals surface area contributed by atoms with Crippen molar-refractivity contribution < 1.29 is 0 Å². The molecule has 0 radical (unpaired) electrons. The van der Waals surface area contributed by atoms with Gasteiger partial charge in [-0.2, -0.15) is 0 Å². The summed E-state index contributed by atoms with van der Waals surface area (Å²) < 4.78 is 0. The van der Waals surface area contributed by atoms with E-state index in [4.69, 9.17) is 0 Å². The van der Waals surface area contributed by atoms with Crippen molar-refractivity contribution in [1.82, 2.24) is 5.32 Å². The van der Waals surface area contributed by atoms with Crippen LogP contribution in [0.15, 0.2) is 4.99 Å². The van der Waals surface area contributed by atoms with Gasteiger partial charge >= 0.3 is 0 Å². The quantitative estimate of drug-likeness (QED) is 0.712. The molecule has 1 rings (SSSR count). The molecule has 1 aliphatic rings. The molecule has 0 saturated carbocycles. The van der Waals surface area contributed by atoms with Gasteiger partial charge in [-0.3, -0.25) is 4.99 Å². The lowest BCUT2D eigenvalue weighted by Crippen LogP contribution is -2.21. The van der Waals surface area contributed by atoms with Crippen LogP contribution in [0.2, 0.25) is 0 Å². The van der Waals surface area contributed by atoms with E-state index in [2.05, 4.69) is 31.1 Å². The fourth-order valence-corrected chi connectivity index (χ4v) is 2.45. The van der Waals surface area contributed by atoms with Crippen LogP contribution in [0.25, 0.3) is 0 Å². The normalized spacial score (nSPS) is 21.4. The summed E-state index contributed by atoms with van der Waals surface area (Å²) in [5.74, 6) is 0.735. The van der Waals surface area contributed by atoms with Gasteiger partial charge in [0, 0.05) is 11.8 Å². The first-order valence-electron chi connectivity index (χ1n) is 5.69. The zero-order valence-electron chi connectivity index (χ0n) is 9.55. The van der Waals surface area contributed by atoms with Crippen LogP contribution in [0, 0.1) is 5.92 Å². The van der Waals surface area contributed by atoms with Gasteiger partial charge in [0.15, 0.2) is 5.17 Å². The maximum absolute atomic E-state index is 4.50. The smallest absolute Gasteiger partial charge is 0.156 e. The Morgan fingerprint density at radius 1 is 1.50 bits per heavy atom. The van der Waals surface area contributed by atoms with Crippen molar-refractivity contribution in [3.05, 3.63) is 0 Å². The summed E-state index contributed by atoms with van der Waals surface area (Å²) >= 11 is 1.92. The molecule has 2 nitrogen and oxygen atoms in total. The third-order valence-electron chi connectivity index (χ3n) is 2.48. The Morgan fingerprint density at radius 2 is 2.29 bits per heavy atom. The molecule has 0 spiro atoms. The van der Waals surface area contributed by atoms with Gasteiger partial charge in [0.25, 0.3) is 0 Å². The van der Waals surface area contributed by atoms with Crippen molar-refractivity contribution >= 4 is 16.9 Å². The third kappa shape index (κ3) is 3.91. The van der Waals surface area contributed by atoms with Gasteiger partial charge in [0.05, 0.1) is 6.54 Å². The molecule has 0 amide bonds. The zero-order chi connectivity index (χ0) is 10.4. The summed E-state index contributed by atoms with van der Waals surface area (Å²) in [5, 5.41) is 5.28. The van der Waals surface area contributed by atoms with Crippen molar-refractivity contribution in [3.8, 4) is 0 Å². The maximum Gasteiger partial charge on any atom is 0.156 e. The number of hydrogen-bond acceptors (Lipinski definition) is 3. The molecule has 1 aliphatic heterocycles. The second-order valence-electron chi connectivity index (χ2n) is 4.18. The topological polar surface area (TPSA) is 24.4 Å². The molecule has 0 saturated heterocycles. The molecular weight excluding hydrogens is 192 g/mol. The molecule has 1 atom stereocenters. The number of nitrogens with one attached hydrogen (secondary N) is 1. The number of rotatable bonds is 5. The molecule has 1 N–H and O–H groups in total. The summed E-state index contributed by atoms with van der Waals surface area (Å²) in [5.41, 5.74) is 0. The molecule has 1 unspecified atom stereocenters. The summed E-state index contributed by atoms with van der Waals surface area (Å²) in [6.07, 6.45) is 3.87. The minimum Gasteiger partial charge on any atom is -0.365 e. The van der Waals surface area contributed by atoms with Gasteiger partial charge in [0.1, 0.15) is 0 Å². The highest BCUT2D eigenvalue weighted by Gasteiger charge is 2.21. The molecule has 0 aromatic rings. The van der Waals surface area contributed by atoms with Crippen LogP contribution in [-0.4, -0.2) is 23.5 Å². The highest BCUT2D eigenvalue weighted by Crippen LogP contribution is 2.25. The van der Waals surface area contributed by atoms with Crippen molar-refractivity contribution in [2.75, 3.05) is 13.1 Å². The highest BCUT2D eigenvalue weighted by molar-refractivity contribution is 8.14. The SMILES string of the molecule is CCCCCNC1=NCC(C(C)C)S1. The average molecular weight is 214 g/mol. The second-order valence-corrected chi connectivity index (χ2v) is 5.41. The second kappa shape index (κ2) is 6.33. The van der Waals surface area contributed by atoms with Crippen molar-refractivity contribution in [2.45, 2.75) is 45.3 Å². The van der Waals surface area contributed by atoms with E-state index in [1.807, 2.05) is 11.8 Å². The molecular formula is C11H22N2S. The van der Waals surface area contributed by atoms with E-state index in [1.165, 1.54) is 24.4 Å². The Bertz CT molecular complexity index is 190. The van der Waals surface area contributed by atoms with Crippen LogP contribution in [0.1, 0.15) is 40.0 Å². The minimum absolute atomic E-state index is 0.698. The third-order valence-corrected chi connectivity index (χ3v) is 3.97. The van der Waals surface area contributed by atoms with E-state index in [1.54, 1.807) is 0 Å². The monoisotopic (exact) mass is 214 g/mol. The lowest BCUT2D eigenvalue weighted by molar-refractivity contribution is 0.621. The predicted molar refractivity (Wildman–Crippen MR) is 66.0 cm³/mol. The first-order valence-corrected chi connectivity index (χ1v) is 6.57. The molecule has 0 bridgehead atoms. The Labute approximate surface area is 92.0 Å².